The lowest BCUT2D eigenvalue weighted by Gasteiger charge is -2.51. The molecule has 0 spiro atoms. The van der Waals surface area contributed by atoms with E-state index < -0.39 is 41.4 Å². The van der Waals surface area contributed by atoms with Crippen molar-refractivity contribution in [3.05, 3.63) is 0 Å². The SMILES string of the molecule is N=C(N)C1CCC(C(C2CCC(C(=N)N)CC2)(C(F)(F)F)C(F)(F)F)CC1. The molecule has 0 aromatic carbocycles. The van der Waals surface area contributed by atoms with Crippen molar-refractivity contribution in [2.45, 2.75) is 63.7 Å². The van der Waals surface area contributed by atoms with Crippen LogP contribution in [0.1, 0.15) is 51.4 Å². The van der Waals surface area contributed by atoms with Gasteiger partial charge in [-0.15, -0.1) is 0 Å². The maximum absolute atomic E-state index is 14.1. The Hall–Kier alpha value is -1.48. The normalized spacial score (nSPS) is 30.7. The minimum Gasteiger partial charge on any atom is -0.387 e. The molecule has 0 bridgehead atoms. The summed E-state index contributed by atoms with van der Waals surface area (Å²) in [7, 11) is 0. The van der Waals surface area contributed by atoms with E-state index in [2.05, 4.69) is 0 Å². The average molecular weight is 400 g/mol. The van der Waals surface area contributed by atoms with Gasteiger partial charge in [0, 0.05) is 11.8 Å². The van der Waals surface area contributed by atoms with Crippen LogP contribution in [0.4, 0.5) is 26.3 Å². The van der Waals surface area contributed by atoms with Crippen LogP contribution >= 0.6 is 0 Å². The number of hydrogen-bond acceptors (Lipinski definition) is 2. The third-order valence-electron chi connectivity index (χ3n) is 6.56. The van der Waals surface area contributed by atoms with Crippen LogP contribution in [0.5, 0.6) is 0 Å². The Labute approximate surface area is 154 Å². The van der Waals surface area contributed by atoms with Crippen LogP contribution in [0.2, 0.25) is 0 Å². The zero-order valence-electron chi connectivity index (χ0n) is 14.9. The summed E-state index contributed by atoms with van der Waals surface area (Å²) < 4.78 is 84.6. The molecule has 2 fully saturated rings. The van der Waals surface area contributed by atoms with E-state index in [4.69, 9.17) is 22.3 Å². The van der Waals surface area contributed by atoms with E-state index >= 15 is 0 Å². The number of hydrogen-bond donors (Lipinski definition) is 4. The molecule has 0 heterocycles. The predicted octanol–water partition coefficient (Wildman–Crippen LogP) is 4.58. The first-order chi connectivity index (χ1) is 12.3. The van der Waals surface area contributed by atoms with Crippen LogP contribution in [-0.2, 0) is 0 Å². The lowest BCUT2D eigenvalue weighted by atomic mass is 9.56. The molecule has 0 unspecified atom stereocenters. The van der Waals surface area contributed by atoms with Gasteiger partial charge in [-0.25, -0.2) is 0 Å². The van der Waals surface area contributed by atoms with Gasteiger partial charge in [-0.1, -0.05) is 0 Å². The molecule has 0 aliphatic heterocycles. The number of amidine groups is 2. The van der Waals surface area contributed by atoms with Gasteiger partial charge in [0.2, 0.25) is 0 Å². The van der Waals surface area contributed by atoms with Gasteiger partial charge in [-0.3, -0.25) is 10.8 Å². The van der Waals surface area contributed by atoms with E-state index in [0.717, 1.165) is 0 Å². The Morgan fingerprint density at radius 1 is 0.593 bits per heavy atom. The van der Waals surface area contributed by atoms with Crippen molar-refractivity contribution in [2.75, 3.05) is 0 Å². The zero-order valence-corrected chi connectivity index (χ0v) is 14.9. The van der Waals surface area contributed by atoms with Crippen molar-refractivity contribution < 1.29 is 26.3 Å². The second-order valence-corrected chi connectivity index (χ2v) is 7.87. The highest BCUT2D eigenvalue weighted by Crippen LogP contribution is 2.65. The second-order valence-electron chi connectivity index (χ2n) is 7.87. The summed E-state index contributed by atoms with van der Waals surface area (Å²) in [6.45, 7) is 0. The molecule has 0 aromatic rings. The fourth-order valence-corrected chi connectivity index (χ4v) is 5.14. The molecule has 2 saturated carbocycles. The van der Waals surface area contributed by atoms with Gasteiger partial charge in [-0.05, 0) is 63.2 Å². The molecule has 27 heavy (non-hydrogen) atoms. The van der Waals surface area contributed by atoms with Crippen molar-refractivity contribution in [3.8, 4) is 0 Å². The number of halogens is 6. The summed E-state index contributed by atoms with van der Waals surface area (Å²) in [6, 6.07) is 0. The Morgan fingerprint density at radius 3 is 1.04 bits per heavy atom. The number of nitrogens with one attached hydrogen (secondary N) is 2. The van der Waals surface area contributed by atoms with Gasteiger partial charge in [0.05, 0.1) is 11.7 Å². The standard InChI is InChI=1S/C17H26F6N4/c18-16(19,20)15(17(21,22)23,11-5-1-9(2-6-11)13(24)25)12-7-3-10(4-8-12)14(26)27/h9-12H,1-8H2,(H3,24,25)(H3,26,27). The molecule has 0 aromatic heterocycles. The van der Waals surface area contributed by atoms with Gasteiger partial charge in [0.25, 0.3) is 0 Å². The molecule has 0 saturated heterocycles. The molecule has 2 rings (SSSR count). The van der Waals surface area contributed by atoms with Crippen molar-refractivity contribution in [1.29, 1.82) is 10.8 Å². The van der Waals surface area contributed by atoms with E-state index in [9.17, 15) is 26.3 Å². The number of rotatable bonds is 4. The van der Waals surface area contributed by atoms with Gasteiger partial charge < -0.3 is 11.5 Å². The van der Waals surface area contributed by atoms with Crippen molar-refractivity contribution >= 4 is 11.7 Å². The van der Waals surface area contributed by atoms with Gasteiger partial charge in [0.15, 0.2) is 5.41 Å². The van der Waals surface area contributed by atoms with Crippen molar-refractivity contribution in [2.24, 2.45) is 40.6 Å². The molecule has 0 atom stereocenters. The second kappa shape index (κ2) is 7.50. The molecule has 10 heteroatoms. The Balaban J connectivity index is 2.38. The molecular formula is C17H26F6N4. The Bertz CT molecular complexity index is 505. The third-order valence-corrected chi connectivity index (χ3v) is 6.56. The summed E-state index contributed by atoms with van der Waals surface area (Å²) in [6.07, 6.45) is -11.6. The monoisotopic (exact) mass is 400 g/mol. The highest BCUT2D eigenvalue weighted by molar-refractivity contribution is 5.80. The Morgan fingerprint density at radius 2 is 0.852 bits per heavy atom. The van der Waals surface area contributed by atoms with E-state index in [-0.39, 0.29) is 63.0 Å². The lowest BCUT2D eigenvalue weighted by molar-refractivity contribution is -0.382. The minimum atomic E-state index is -5.42. The molecule has 2 aliphatic carbocycles. The van der Waals surface area contributed by atoms with Crippen LogP contribution in [0.15, 0.2) is 0 Å². The van der Waals surface area contributed by atoms with Gasteiger partial charge >= 0.3 is 12.4 Å². The number of alkyl halides is 6. The zero-order chi connectivity index (χ0) is 20.6. The molecule has 4 nitrogen and oxygen atoms in total. The van der Waals surface area contributed by atoms with E-state index in [0.29, 0.717) is 0 Å². The van der Waals surface area contributed by atoms with Gasteiger partial charge in [-0.2, -0.15) is 26.3 Å². The average Bonchev–Trinajstić information content (AvgIpc) is 2.53. The molecule has 0 radical (unpaired) electrons. The summed E-state index contributed by atoms with van der Waals surface area (Å²) in [5.41, 5.74) is 7.01. The summed E-state index contributed by atoms with van der Waals surface area (Å²) >= 11 is 0. The fourth-order valence-electron chi connectivity index (χ4n) is 5.14. The topological polar surface area (TPSA) is 99.7 Å². The molecule has 6 N–H and O–H groups in total. The minimum absolute atomic E-state index is 0.0662. The van der Waals surface area contributed by atoms with E-state index in [1.54, 1.807) is 0 Å². The first kappa shape index (κ1) is 21.8. The smallest absolute Gasteiger partial charge is 0.387 e. The van der Waals surface area contributed by atoms with Crippen molar-refractivity contribution in [3.63, 3.8) is 0 Å². The summed E-state index contributed by atoms with van der Waals surface area (Å²) in [5.74, 6) is -4.42. The first-order valence-electron chi connectivity index (χ1n) is 9.13. The van der Waals surface area contributed by atoms with Crippen LogP contribution in [0.3, 0.4) is 0 Å². The molecular weight excluding hydrogens is 374 g/mol. The van der Waals surface area contributed by atoms with E-state index in [1.165, 1.54) is 0 Å². The maximum atomic E-state index is 14.1. The summed E-state index contributed by atoms with van der Waals surface area (Å²) in [5, 5.41) is 14.8. The van der Waals surface area contributed by atoms with E-state index in [1.807, 2.05) is 0 Å². The quantitative estimate of drug-likeness (QED) is 0.315. The molecule has 0 amide bonds. The molecule has 2 aliphatic rings. The predicted molar refractivity (Wildman–Crippen MR) is 89.3 cm³/mol. The highest BCUT2D eigenvalue weighted by atomic mass is 19.4. The maximum Gasteiger partial charge on any atom is 0.403 e. The summed E-state index contributed by atoms with van der Waals surface area (Å²) in [4.78, 5) is 0. The van der Waals surface area contributed by atoms with Crippen LogP contribution in [0.25, 0.3) is 0 Å². The van der Waals surface area contributed by atoms with Crippen LogP contribution in [0, 0.1) is 39.9 Å². The number of nitrogens with two attached hydrogens (primary N) is 2. The lowest BCUT2D eigenvalue weighted by Crippen LogP contribution is -2.60. The van der Waals surface area contributed by atoms with Crippen LogP contribution < -0.4 is 11.5 Å². The van der Waals surface area contributed by atoms with Crippen LogP contribution in [-0.4, -0.2) is 24.0 Å². The van der Waals surface area contributed by atoms with Gasteiger partial charge in [0.1, 0.15) is 0 Å². The molecule has 156 valence electrons. The largest absolute Gasteiger partial charge is 0.403 e. The highest BCUT2D eigenvalue weighted by Gasteiger charge is 2.76. The van der Waals surface area contributed by atoms with Crippen molar-refractivity contribution in [1.82, 2.24) is 0 Å². The fraction of sp³-hybridized carbons (Fsp3) is 0.882. The Kier molecular flexibility index (Phi) is 6.06. The third kappa shape index (κ3) is 3.89. The first-order valence-corrected chi connectivity index (χ1v) is 9.13.